The third kappa shape index (κ3) is 2.36. The van der Waals surface area contributed by atoms with Crippen molar-refractivity contribution in [2.75, 3.05) is 0 Å². The van der Waals surface area contributed by atoms with Crippen molar-refractivity contribution < 1.29 is 5.11 Å². The number of rotatable bonds is 3. The predicted molar refractivity (Wildman–Crippen MR) is 79.7 cm³/mol. The van der Waals surface area contributed by atoms with E-state index in [1.165, 1.54) is 0 Å². The van der Waals surface area contributed by atoms with Crippen molar-refractivity contribution in [3.8, 4) is 0 Å². The highest BCUT2D eigenvalue weighted by Crippen LogP contribution is 2.10. The van der Waals surface area contributed by atoms with Gasteiger partial charge in [0.25, 0.3) is 5.56 Å². The largest absolute Gasteiger partial charge is 0.392 e. The fourth-order valence-electron chi connectivity index (χ4n) is 2.30. The zero-order valence-corrected chi connectivity index (χ0v) is 11.0. The zero-order chi connectivity index (χ0) is 13.9. The predicted octanol–water partition coefficient (Wildman–Crippen LogP) is 2.54. The first-order valence-electron chi connectivity index (χ1n) is 6.55. The molecule has 0 radical (unpaired) electrons. The minimum absolute atomic E-state index is 0.0225. The Hall–Kier alpha value is -2.39. The van der Waals surface area contributed by atoms with Crippen molar-refractivity contribution in [1.82, 2.24) is 4.57 Å². The number of aliphatic hydroxyl groups is 1. The zero-order valence-electron chi connectivity index (χ0n) is 11.0. The third-order valence-electron chi connectivity index (χ3n) is 3.44. The molecule has 100 valence electrons. The molecule has 0 spiro atoms. The molecular formula is C17H15NO2. The standard InChI is InChI=1S/C17H15NO2/c19-12-14-7-5-13(6-8-14)11-18-10-9-15-3-1-2-4-16(15)17(18)20/h1-10,19H,11-12H2. The van der Waals surface area contributed by atoms with Crippen LogP contribution in [-0.4, -0.2) is 9.67 Å². The highest BCUT2D eigenvalue weighted by Gasteiger charge is 2.03. The quantitative estimate of drug-likeness (QED) is 0.790. The summed E-state index contributed by atoms with van der Waals surface area (Å²) in [5, 5.41) is 10.7. The van der Waals surface area contributed by atoms with Crippen LogP contribution in [0.1, 0.15) is 11.1 Å². The van der Waals surface area contributed by atoms with E-state index in [9.17, 15) is 4.79 Å². The molecule has 3 heteroatoms. The van der Waals surface area contributed by atoms with Crippen molar-refractivity contribution in [2.24, 2.45) is 0 Å². The number of nitrogens with zero attached hydrogens (tertiary/aromatic N) is 1. The van der Waals surface area contributed by atoms with Crippen LogP contribution in [0.15, 0.2) is 65.6 Å². The van der Waals surface area contributed by atoms with E-state index in [-0.39, 0.29) is 12.2 Å². The second-order valence-electron chi connectivity index (χ2n) is 4.81. The second-order valence-corrected chi connectivity index (χ2v) is 4.81. The van der Waals surface area contributed by atoms with E-state index in [0.717, 1.165) is 21.9 Å². The van der Waals surface area contributed by atoms with Crippen molar-refractivity contribution in [3.63, 3.8) is 0 Å². The molecule has 0 saturated carbocycles. The summed E-state index contributed by atoms with van der Waals surface area (Å²) in [7, 11) is 0. The number of aromatic nitrogens is 1. The molecule has 1 heterocycles. The molecule has 1 aromatic heterocycles. The maximum absolute atomic E-state index is 12.4. The van der Waals surface area contributed by atoms with Gasteiger partial charge in [-0.3, -0.25) is 4.79 Å². The van der Waals surface area contributed by atoms with Crippen molar-refractivity contribution >= 4 is 10.8 Å². The van der Waals surface area contributed by atoms with E-state index in [0.29, 0.717) is 6.54 Å². The Labute approximate surface area is 116 Å². The number of benzene rings is 2. The lowest BCUT2D eigenvalue weighted by atomic mass is 10.1. The Bertz CT molecular complexity index is 788. The summed E-state index contributed by atoms with van der Waals surface area (Å²) in [5.74, 6) is 0. The van der Waals surface area contributed by atoms with Crippen LogP contribution in [0.5, 0.6) is 0 Å². The number of fused-ring (bicyclic) bond motifs is 1. The average molecular weight is 265 g/mol. The van der Waals surface area contributed by atoms with Gasteiger partial charge in [-0.15, -0.1) is 0 Å². The van der Waals surface area contributed by atoms with Crippen molar-refractivity contribution in [3.05, 3.63) is 82.3 Å². The SMILES string of the molecule is O=c1c2ccccc2ccn1Cc1ccc(CO)cc1. The lowest BCUT2D eigenvalue weighted by Crippen LogP contribution is -2.19. The molecule has 0 bridgehead atoms. The first-order valence-corrected chi connectivity index (χ1v) is 6.55. The number of hydrogen-bond acceptors (Lipinski definition) is 2. The molecule has 0 fully saturated rings. The first-order chi connectivity index (χ1) is 9.78. The average Bonchev–Trinajstić information content (AvgIpc) is 2.51. The molecule has 3 nitrogen and oxygen atoms in total. The minimum Gasteiger partial charge on any atom is -0.392 e. The van der Waals surface area contributed by atoms with Gasteiger partial charge in [0.15, 0.2) is 0 Å². The van der Waals surface area contributed by atoms with Crippen LogP contribution in [0.2, 0.25) is 0 Å². The van der Waals surface area contributed by atoms with Crippen molar-refractivity contribution in [1.29, 1.82) is 0 Å². The van der Waals surface area contributed by atoms with E-state index in [4.69, 9.17) is 5.11 Å². The van der Waals surface area contributed by atoms with E-state index < -0.39 is 0 Å². The fraction of sp³-hybridized carbons (Fsp3) is 0.118. The normalized spacial score (nSPS) is 10.8. The topological polar surface area (TPSA) is 42.2 Å². The third-order valence-corrected chi connectivity index (χ3v) is 3.44. The van der Waals surface area contributed by atoms with E-state index in [2.05, 4.69) is 0 Å². The Morgan fingerprint density at radius 2 is 1.60 bits per heavy atom. The highest BCUT2D eigenvalue weighted by atomic mass is 16.3. The smallest absolute Gasteiger partial charge is 0.258 e. The van der Waals surface area contributed by atoms with Gasteiger partial charge in [0.05, 0.1) is 13.2 Å². The van der Waals surface area contributed by atoms with Gasteiger partial charge >= 0.3 is 0 Å². The van der Waals surface area contributed by atoms with Gasteiger partial charge in [0.2, 0.25) is 0 Å². The Balaban J connectivity index is 1.98. The van der Waals surface area contributed by atoms with Crippen molar-refractivity contribution in [2.45, 2.75) is 13.2 Å². The maximum Gasteiger partial charge on any atom is 0.258 e. The highest BCUT2D eigenvalue weighted by molar-refractivity contribution is 5.81. The Kier molecular flexibility index (Phi) is 3.35. The Morgan fingerprint density at radius 1 is 0.900 bits per heavy atom. The number of aliphatic hydroxyl groups excluding tert-OH is 1. The lowest BCUT2D eigenvalue weighted by molar-refractivity contribution is 0.282. The van der Waals surface area contributed by atoms with Gasteiger partial charge in [-0.2, -0.15) is 0 Å². The maximum atomic E-state index is 12.4. The second kappa shape index (κ2) is 5.31. The molecule has 0 aliphatic heterocycles. The van der Waals surface area contributed by atoms with Gasteiger partial charge in [-0.05, 0) is 28.6 Å². The van der Waals surface area contributed by atoms with Crippen LogP contribution >= 0.6 is 0 Å². The summed E-state index contributed by atoms with van der Waals surface area (Å²) in [5.41, 5.74) is 1.94. The van der Waals surface area contributed by atoms with Crippen LogP contribution < -0.4 is 5.56 Å². The molecule has 3 rings (SSSR count). The minimum atomic E-state index is 0.0225. The molecule has 20 heavy (non-hydrogen) atoms. The molecule has 0 unspecified atom stereocenters. The first kappa shape index (κ1) is 12.6. The molecule has 0 aliphatic carbocycles. The summed E-state index contributed by atoms with van der Waals surface area (Å²) in [6.45, 7) is 0.575. The lowest BCUT2D eigenvalue weighted by Gasteiger charge is -2.08. The van der Waals surface area contributed by atoms with Crippen LogP contribution in [0.4, 0.5) is 0 Å². The van der Waals surface area contributed by atoms with Gasteiger partial charge in [0, 0.05) is 11.6 Å². The van der Waals surface area contributed by atoms with Crippen LogP contribution in [-0.2, 0) is 13.2 Å². The Morgan fingerprint density at radius 3 is 2.35 bits per heavy atom. The molecule has 3 aromatic rings. The summed E-state index contributed by atoms with van der Waals surface area (Å²) in [4.78, 5) is 12.4. The van der Waals surface area contributed by atoms with Crippen LogP contribution in [0.25, 0.3) is 10.8 Å². The molecule has 0 aliphatic rings. The summed E-state index contributed by atoms with van der Waals surface area (Å²) in [6, 6.07) is 17.2. The summed E-state index contributed by atoms with van der Waals surface area (Å²) < 4.78 is 1.70. The van der Waals surface area contributed by atoms with E-state index >= 15 is 0 Å². The molecule has 0 atom stereocenters. The number of pyridine rings is 1. The summed E-state index contributed by atoms with van der Waals surface area (Å²) >= 11 is 0. The van der Waals surface area contributed by atoms with Crippen LogP contribution in [0.3, 0.4) is 0 Å². The van der Waals surface area contributed by atoms with E-state index in [1.807, 2.05) is 60.8 Å². The monoisotopic (exact) mass is 265 g/mol. The summed E-state index contributed by atoms with van der Waals surface area (Å²) in [6.07, 6.45) is 1.82. The van der Waals surface area contributed by atoms with Gasteiger partial charge in [-0.1, -0.05) is 42.5 Å². The molecular weight excluding hydrogens is 250 g/mol. The van der Waals surface area contributed by atoms with Crippen LogP contribution in [0, 0.1) is 0 Å². The van der Waals surface area contributed by atoms with Gasteiger partial charge in [0.1, 0.15) is 0 Å². The molecule has 1 N–H and O–H groups in total. The van der Waals surface area contributed by atoms with Gasteiger partial charge in [-0.25, -0.2) is 0 Å². The van der Waals surface area contributed by atoms with E-state index in [1.54, 1.807) is 4.57 Å². The molecule has 0 saturated heterocycles. The molecule has 2 aromatic carbocycles. The molecule has 0 amide bonds. The van der Waals surface area contributed by atoms with Gasteiger partial charge < -0.3 is 9.67 Å². The fourth-order valence-corrected chi connectivity index (χ4v) is 2.30. The number of hydrogen-bond donors (Lipinski definition) is 1.